The largest absolute Gasteiger partial charge is 0.330 e. The van der Waals surface area contributed by atoms with Crippen LogP contribution in [-0.4, -0.2) is 31.1 Å². The highest BCUT2D eigenvalue weighted by atomic mass is 15.1. The van der Waals surface area contributed by atoms with Gasteiger partial charge < -0.3 is 5.73 Å². The molecule has 0 radical (unpaired) electrons. The molecule has 2 nitrogen and oxygen atoms in total. The Bertz CT molecular complexity index is 183. The number of likely N-dealkylation sites (N-methyl/N-ethyl adjacent to an activating group) is 1. The minimum absolute atomic E-state index is 0.841. The third-order valence-electron chi connectivity index (χ3n) is 3.30. The molecule has 0 aliphatic carbocycles. The molecule has 102 valence electrons. The predicted molar refractivity (Wildman–Crippen MR) is 78.2 cm³/mol. The molecule has 0 amide bonds. The van der Waals surface area contributed by atoms with Gasteiger partial charge in [-0.05, 0) is 51.7 Å². The van der Waals surface area contributed by atoms with Crippen LogP contribution in [-0.2, 0) is 0 Å². The van der Waals surface area contributed by atoms with Crippen LogP contribution < -0.4 is 5.73 Å². The van der Waals surface area contributed by atoms with Gasteiger partial charge in [0.15, 0.2) is 0 Å². The van der Waals surface area contributed by atoms with Gasteiger partial charge in [-0.25, -0.2) is 0 Å². The van der Waals surface area contributed by atoms with E-state index in [-0.39, 0.29) is 0 Å². The summed E-state index contributed by atoms with van der Waals surface area (Å²) in [6.07, 6.45) is 6.45. The van der Waals surface area contributed by atoms with Crippen molar-refractivity contribution in [2.45, 2.75) is 52.9 Å². The first-order chi connectivity index (χ1) is 8.13. The van der Waals surface area contributed by atoms with Gasteiger partial charge in [0.2, 0.25) is 0 Å². The molecule has 2 N–H and O–H groups in total. The Kier molecular flexibility index (Phi) is 10.6. The molecule has 0 heterocycles. The summed E-state index contributed by atoms with van der Waals surface area (Å²) in [5, 5.41) is 0. The Hall–Kier alpha value is -0.340. The summed E-state index contributed by atoms with van der Waals surface area (Å²) in [5.41, 5.74) is 6.92. The molecule has 0 aromatic rings. The van der Waals surface area contributed by atoms with Crippen LogP contribution in [0.15, 0.2) is 12.2 Å². The standard InChI is InChI=1S/C15H32N2/c1-5-8-15(10-11-16)9-7-12-17(6-2)13-14(3)4/h15H,3,5-13,16H2,1-2,4H3. The lowest BCUT2D eigenvalue weighted by atomic mass is 9.94. The van der Waals surface area contributed by atoms with E-state index in [2.05, 4.69) is 32.3 Å². The SMILES string of the molecule is C=C(C)CN(CC)CCCC(CCC)CCN. The molecule has 2 heteroatoms. The van der Waals surface area contributed by atoms with Gasteiger partial charge in [0, 0.05) is 6.54 Å². The lowest BCUT2D eigenvalue weighted by molar-refractivity contribution is 0.287. The fourth-order valence-corrected chi connectivity index (χ4v) is 2.41. The number of nitrogens with zero attached hydrogens (tertiary/aromatic N) is 1. The summed E-state index contributed by atoms with van der Waals surface area (Å²) in [7, 11) is 0. The molecule has 0 rings (SSSR count). The van der Waals surface area contributed by atoms with Gasteiger partial charge in [0.1, 0.15) is 0 Å². The third kappa shape index (κ3) is 9.37. The molecular weight excluding hydrogens is 208 g/mol. The summed E-state index contributed by atoms with van der Waals surface area (Å²) < 4.78 is 0. The van der Waals surface area contributed by atoms with Gasteiger partial charge in [-0.3, -0.25) is 4.90 Å². The first-order valence-corrected chi connectivity index (χ1v) is 7.20. The summed E-state index contributed by atoms with van der Waals surface area (Å²) in [5.74, 6) is 0.841. The summed E-state index contributed by atoms with van der Waals surface area (Å²) in [4.78, 5) is 2.48. The van der Waals surface area contributed by atoms with E-state index >= 15 is 0 Å². The second-order valence-electron chi connectivity index (χ2n) is 5.20. The monoisotopic (exact) mass is 240 g/mol. The third-order valence-corrected chi connectivity index (χ3v) is 3.30. The van der Waals surface area contributed by atoms with Gasteiger partial charge in [-0.1, -0.05) is 38.8 Å². The van der Waals surface area contributed by atoms with Crippen LogP contribution in [0.2, 0.25) is 0 Å². The zero-order valence-corrected chi connectivity index (χ0v) is 12.2. The topological polar surface area (TPSA) is 29.3 Å². The van der Waals surface area contributed by atoms with Crippen LogP contribution >= 0.6 is 0 Å². The Morgan fingerprint density at radius 3 is 2.41 bits per heavy atom. The predicted octanol–water partition coefficient (Wildman–Crippen LogP) is 3.43. The van der Waals surface area contributed by atoms with E-state index in [0.717, 1.165) is 25.6 Å². The van der Waals surface area contributed by atoms with Gasteiger partial charge >= 0.3 is 0 Å². The van der Waals surface area contributed by atoms with Crippen molar-refractivity contribution in [2.24, 2.45) is 11.7 Å². The van der Waals surface area contributed by atoms with Crippen molar-refractivity contribution in [1.29, 1.82) is 0 Å². The molecule has 0 saturated heterocycles. The highest BCUT2D eigenvalue weighted by Crippen LogP contribution is 2.17. The van der Waals surface area contributed by atoms with E-state index in [1.165, 1.54) is 44.2 Å². The highest BCUT2D eigenvalue weighted by Gasteiger charge is 2.08. The molecule has 0 aliphatic heterocycles. The van der Waals surface area contributed by atoms with Crippen molar-refractivity contribution in [3.8, 4) is 0 Å². The summed E-state index contributed by atoms with van der Waals surface area (Å²) >= 11 is 0. The number of hydrogen-bond acceptors (Lipinski definition) is 2. The minimum Gasteiger partial charge on any atom is -0.330 e. The minimum atomic E-state index is 0.841. The van der Waals surface area contributed by atoms with Crippen LogP contribution in [0, 0.1) is 5.92 Å². The lowest BCUT2D eigenvalue weighted by Crippen LogP contribution is -2.26. The number of nitrogens with two attached hydrogens (primary N) is 1. The average Bonchev–Trinajstić information content (AvgIpc) is 2.27. The molecule has 0 fully saturated rings. The van der Waals surface area contributed by atoms with Crippen molar-refractivity contribution >= 4 is 0 Å². The van der Waals surface area contributed by atoms with E-state index < -0.39 is 0 Å². The number of hydrogen-bond donors (Lipinski definition) is 1. The molecule has 0 bridgehead atoms. The van der Waals surface area contributed by atoms with Crippen molar-refractivity contribution in [3.63, 3.8) is 0 Å². The van der Waals surface area contributed by atoms with E-state index in [1.807, 2.05) is 0 Å². The summed E-state index contributed by atoms with van der Waals surface area (Å²) in [6.45, 7) is 14.8. The molecule has 1 atom stereocenters. The molecule has 0 aromatic heterocycles. The maximum atomic E-state index is 5.66. The van der Waals surface area contributed by atoms with Crippen molar-refractivity contribution in [3.05, 3.63) is 12.2 Å². The maximum Gasteiger partial charge on any atom is 0.0187 e. The lowest BCUT2D eigenvalue weighted by Gasteiger charge is -2.22. The van der Waals surface area contributed by atoms with E-state index in [4.69, 9.17) is 5.73 Å². The molecule has 17 heavy (non-hydrogen) atoms. The van der Waals surface area contributed by atoms with Crippen LogP contribution in [0.1, 0.15) is 52.9 Å². The summed E-state index contributed by atoms with van der Waals surface area (Å²) in [6, 6.07) is 0. The molecule has 1 unspecified atom stereocenters. The second kappa shape index (κ2) is 10.8. The normalized spacial score (nSPS) is 13.0. The molecule has 0 saturated carbocycles. The van der Waals surface area contributed by atoms with Gasteiger partial charge in [-0.15, -0.1) is 0 Å². The first-order valence-electron chi connectivity index (χ1n) is 7.20. The maximum absolute atomic E-state index is 5.66. The van der Waals surface area contributed by atoms with Crippen molar-refractivity contribution in [2.75, 3.05) is 26.2 Å². The fraction of sp³-hybridized carbons (Fsp3) is 0.867. The Morgan fingerprint density at radius 2 is 1.94 bits per heavy atom. The molecule has 0 aromatic carbocycles. The smallest absolute Gasteiger partial charge is 0.0187 e. The van der Waals surface area contributed by atoms with Gasteiger partial charge in [-0.2, -0.15) is 0 Å². The van der Waals surface area contributed by atoms with E-state index in [1.54, 1.807) is 0 Å². The zero-order chi connectivity index (χ0) is 13.1. The van der Waals surface area contributed by atoms with Crippen LogP contribution in [0.4, 0.5) is 0 Å². The zero-order valence-electron chi connectivity index (χ0n) is 12.2. The first kappa shape index (κ1) is 16.7. The van der Waals surface area contributed by atoms with Crippen LogP contribution in [0.25, 0.3) is 0 Å². The van der Waals surface area contributed by atoms with Gasteiger partial charge in [0.25, 0.3) is 0 Å². The van der Waals surface area contributed by atoms with E-state index in [9.17, 15) is 0 Å². The fourth-order valence-electron chi connectivity index (χ4n) is 2.41. The Labute approximate surface area is 108 Å². The molecular formula is C15H32N2. The Morgan fingerprint density at radius 1 is 1.24 bits per heavy atom. The second-order valence-corrected chi connectivity index (χ2v) is 5.20. The Balaban J connectivity index is 3.79. The number of rotatable bonds is 11. The highest BCUT2D eigenvalue weighted by molar-refractivity contribution is 4.91. The van der Waals surface area contributed by atoms with Crippen LogP contribution in [0.3, 0.4) is 0 Å². The van der Waals surface area contributed by atoms with Crippen LogP contribution in [0.5, 0.6) is 0 Å². The molecule has 0 spiro atoms. The van der Waals surface area contributed by atoms with E-state index in [0.29, 0.717) is 0 Å². The quantitative estimate of drug-likeness (QED) is 0.561. The van der Waals surface area contributed by atoms with Gasteiger partial charge in [0.05, 0.1) is 0 Å². The molecule has 0 aliphatic rings. The van der Waals surface area contributed by atoms with Crippen molar-refractivity contribution < 1.29 is 0 Å². The van der Waals surface area contributed by atoms with Crippen molar-refractivity contribution in [1.82, 2.24) is 4.90 Å². The average molecular weight is 240 g/mol.